The third kappa shape index (κ3) is 9.07. The van der Waals surface area contributed by atoms with Gasteiger partial charge in [0.15, 0.2) is 0 Å². The molecule has 1 heterocycles. The average Bonchev–Trinajstić information content (AvgIpc) is 2.31. The monoisotopic (exact) mass is 198 g/mol. The molecule has 1 aliphatic heterocycles. The summed E-state index contributed by atoms with van der Waals surface area (Å²) in [6, 6.07) is 0. The van der Waals surface area contributed by atoms with Crippen molar-refractivity contribution in [1.29, 1.82) is 0 Å². The molecule has 0 spiro atoms. The fourth-order valence-corrected chi connectivity index (χ4v) is 0.715. The zero-order valence-electron chi connectivity index (χ0n) is 7.40. The number of hydrogen-bond acceptors (Lipinski definition) is 1. The molecular formula is C6H11BF4N2. The van der Waals surface area contributed by atoms with E-state index in [1.165, 1.54) is 5.71 Å². The lowest BCUT2D eigenvalue weighted by atomic mass is 10.3. The van der Waals surface area contributed by atoms with E-state index in [4.69, 9.17) is 0 Å². The van der Waals surface area contributed by atoms with Gasteiger partial charge in [-0.1, -0.05) is 12.0 Å². The van der Waals surface area contributed by atoms with Gasteiger partial charge in [-0.05, 0) is 6.42 Å². The van der Waals surface area contributed by atoms with Gasteiger partial charge < -0.3 is 17.3 Å². The number of nitrogens with zero attached hydrogens (tertiary/aromatic N) is 1. The molecule has 1 atom stereocenters. The zero-order chi connectivity index (χ0) is 10.5. The van der Waals surface area contributed by atoms with Gasteiger partial charge >= 0.3 is 7.25 Å². The van der Waals surface area contributed by atoms with Crippen molar-refractivity contribution in [1.82, 2.24) is 0 Å². The van der Waals surface area contributed by atoms with Crippen LogP contribution in [0.5, 0.6) is 0 Å². The van der Waals surface area contributed by atoms with Crippen molar-refractivity contribution in [2.45, 2.75) is 13.3 Å². The number of quaternary nitrogens is 1. The smallest absolute Gasteiger partial charge is 0.418 e. The van der Waals surface area contributed by atoms with Crippen molar-refractivity contribution in [2.24, 2.45) is 5.10 Å². The highest BCUT2D eigenvalue weighted by molar-refractivity contribution is 6.50. The van der Waals surface area contributed by atoms with Crippen molar-refractivity contribution in [2.75, 3.05) is 7.05 Å². The van der Waals surface area contributed by atoms with E-state index >= 15 is 0 Å². The maximum atomic E-state index is 9.75. The van der Waals surface area contributed by atoms with Gasteiger partial charge in [-0.3, -0.25) is 0 Å². The van der Waals surface area contributed by atoms with E-state index in [2.05, 4.69) is 18.1 Å². The van der Waals surface area contributed by atoms with Crippen LogP contribution in [0.4, 0.5) is 17.3 Å². The lowest BCUT2D eigenvalue weighted by Crippen LogP contribution is -2.98. The summed E-state index contributed by atoms with van der Waals surface area (Å²) >= 11 is 0. The van der Waals surface area contributed by atoms with Gasteiger partial charge in [-0.15, -0.1) is 0 Å². The average molecular weight is 198 g/mol. The summed E-state index contributed by atoms with van der Waals surface area (Å²) in [5.41, 5.74) is 1.20. The topological polar surface area (TPSA) is 16.8 Å². The molecule has 1 unspecified atom stereocenters. The molecule has 2 nitrogen and oxygen atoms in total. The minimum atomic E-state index is -6.00. The Morgan fingerprint density at radius 3 is 2.00 bits per heavy atom. The second-order valence-electron chi connectivity index (χ2n) is 2.43. The Morgan fingerprint density at radius 1 is 1.38 bits per heavy atom. The molecule has 0 aromatic carbocycles. The summed E-state index contributed by atoms with van der Waals surface area (Å²) in [5.74, 6) is 0. The van der Waals surface area contributed by atoms with Crippen molar-refractivity contribution in [3.63, 3.8) is 0 Å². The SMILES string of the molecule is CCC1=N[NH+](C)C=C1.F[B-](F)(F)F. The number of allylic oxidation sites excluding steroid dienone is 1. The van der Waals surface area contributed by atoms with Crippen LogP contribution in [0.2, 0.25) is 0 Å². The molecule has 1 rings (SSSR count). The Hall–Kier alpha value is -0.845. The Morgan fingerprint density at radius 2 is 1.85 bits per heavy atom. The van der Waals surface area contributed by atoms with Gasteiger partial charge in [0.2, 0.25) is 0 Å². The third-order valence-corrected chi connectivity index (χ3v) is 1.20. The van der Waals surface area contributed by atoms with Gasteiger partial charge in [-0.25, -0.2) is 0 Å². The molecule has 76 valence electrons. The minimum Gasteiger partial charge on any atom is -0.418 e. The van der Waals surface area contributed by atoms with Gasteiger partial charge in [0.1, 0.15) is 11.9 Å². The fraction of sp³-hybridized carbons (Fsp3) is 0.500. The standard InChI is InChI=1S/C6H10N2.BF4/c1-3-6-4-5-8(2)7-6;2-1(3,4)5/h4-5H,3H2,1-2H3;/q;-1/p+1. The molecule has 0 saturated heterocycles. The summed E-state index contributed by atoms with van der Waals surface area (Å²) < 4.78 is 39.0. The maximum absolute atomic E-state index is 9.75. The van der Waals surface area contributed by atoms with Gasteiger partial charge in [0.25, 0.3) is 0 Å². The molecule has 0 bridgehead atoms. The first kappa shape index (κ1) is 12.2. The molecule has 13 heavy (non-hydrogen) atoms. The minimum absolute atomic E-state index is 1.05. The highest BCUT2D eigenvalue weighted by atomic mass is 19.5. The first-order valence-corrected chi connectivity index (χ1v) is 3.79. The highest BCUT2D eigenvalue weighted by Crippen LogP contribution is 2.06. The normalized spacial score (nSPS) is 20.8. The van der Waals surface area contributed by atoms with Crippen LogP contribution in [-0.4, -0.2) is 20.0 Å². The molecule has 0 amide bonds. The molecule has 0 saturated carbocycles. The number of halogens is 4. The lowest BCUT2D eigenvalue weighted by Gasteiger charge is -1.94. The van der Waals surface area contributed by atoms with Crippen LogP contribution in [0, 0.1) is 0 Å². The van der Waals surface area contributed by atoms with Crippen molar-refractivity contribution < 1.29 is 22.3 Å². The summed E-state index contributed by atoms with van der Waals surface area (Å²) in [5, 5.41) is 5.36. The van der Waals surface area contributed by atoms with Gasteiger partial charge in [0.05, 0.1) is 7.05 Å². The zero-order valence-corrected chi connectivity index (χ0v) is 7.40. The summed E-state index contributed by atoms with van der Waals surface area (Å²) in [4.78, 5) is 0. The Kier molecular flexibility index (Phi) is 4.68. The molecule has 7 heteroatoms. The molecule has 0 aliphatic carbocycles. The Balaban J connectivity index is 0.000000252. The van der Waals surface area contributed by atoms with E-state index in [1.54, 1.807) is 0 Å². The van der Waals surface area contributed by atoms with Crippen LogP contribution < -0.4 is 5.01 Å². The maximum Gasteiger partial charge on any atom is 0.673 e. The Labute approximate surface area is 74.0 Å². The van der Waals surface area contributed by atoms with Crippen LogP contribution in [0.25, 0.3) is 0 Å². The summed E-state index contributed by atoms with van der Waals surface area (Å²) in [6.45, 7) is 2.11. The largest absolute Gasteiger partial charge is 0.673 e. The molecule has 0 aromatic rings. The van der Waals surface area contributed by atoms with Crippen LogP contribution in [-0.2, 0) is 0 Å². The lowest BCUT2D eigenvalue weighted by molar-refractivity contribution is -0.829. The molecule has 0 aromatic heterocycles. The molecule has 0 radical (unpaired) electrons. The quantitative estimate of drug-likeness (QED) is 0.479. The van der Waals surface area contributed by atoms with Gasteiger partial charge in [-0.2, -0.15) is 5.01 Å². The van der Waals surface area contributed by atoms with Gasteiger partial charge in [0, 0.05) is 6.08 Å². The molecule has 0 fully saturated rings. The van der Waals surface area contributed by atoms with E-state index in [0.717, 1.165) is 11.4 Å². The van der Waals surface area contributed by atoms with E-state index in [0.29, 0.717) is 0 Å². The number of rotatable bonds is 1. The van der Waals surface area contributed by atoms with E-state index in [9.17, 15) is 17.3 Å². The molecular weight excluding hydrogens is 187 g/mol. The first-order valence-electron chi connectivity index (χ1n) is 3.79. The molecule has 1 N–H and O–H groups in total. The van der Waals surface area contributed by atoms with Crippen molar-refractivity contribution in [3.05, 3.63) is 12.3 Å². The Bertz CT molecular complexity index is 205. The second kappa shape index (κ2) is 5.01. The van der Waals surface area contributed by atoms with Crippen molar-refractivity contribution >= 4 is 13.0 Å². The van der Waals surface area contributed by atoms with E-state index < -0.39 is 7.25 Å². The fourth-order valence-electron chi connectivity index (χ4n) is 0.715. The highest BCUT2D eigenvalue weighted by Gasteiger charge is 2.20. The van der Waals surface area contributed by atoms with Crippen LogP contribution >= 0.6 is 0 Å². The van der Waals surface area contributed by atoms with E-state index in [1.807, 2.05) is 13.2 Å². The van der Waals surface area contributed by atoms with Crippen molar-refractivity contribution in [3.8, 4) is 0 Å². The summed E-state index contributed by atoms with van der Waals surface area (Å²) in [6.07, 6.45) is 5.15. The second-order valence-corrected chi connectivity index (χ2v) is 2.43. The molecule has 1 aliphatic rings. The number of hydrogen-bond donors (Lipinski definition) is 1. The number of nitrogens with one attached hydrogen (secondary N) is 1. The third-order valence-electron chi connectivity index (χ3n) is 1.20. The van der Waals surface area contributed by atoms with Crippen LogP contribution in [0.3, 0.4) is 0 Å². The predicted octanol–water partition coefficient (Wildman–Crippen LogP) is 1.09. The van der Waals surface area contributed by atoms with Crippen LogP contribution in [0.1, 0.15) is 13.3 Å². The summed E-state index contributed by atoms with van der Waals surface area (Å²) in [7, 11) is -3.99. The predicted molar refractivity (Wildman–Crippen MR) is 43.9 cm³/mol. The van der Waals surface area contributed by atoms with E-state index in [-0.39, 0.29) is 0 Å². The van der Waals surface area contributed by atoms with Crippen LogP contribution in [0.15, 0.2) is 17.4 Å². The first-order chi connectivity index (χ1) is 5.83.